The molecule has 1 heteroatoms. The van der Waals surface area contributed by atoms with E-state index in [2.05, 4.69) is 51.6 Å². The maximum Gasteiger partial charge on any atom is 0.0235 e. The summed E-state index contributed by atoms with van der Waals surface area (Å²) in [6, 6.07) is 0. The summed E-state index contributed by atoms with van der Waals surface area (Å²) in [5.41, 5.74) is 1.45. The average Bonchev–Trinajstić information content (AvgIpc) is 2.70. The third-order valence-electron chi connectivity index (χ3n) is 4.19. The van der Waals surface area contributed by atoms with Gasteiger partial charge in [-0.2, -0.15) is 0 Å². The molecule has 0 amide bonds. The Kier molecular flexibility index (Phi) is 5.80. The normalized spacial score (nSPS) is 22.8. The lowest BCUT2D eigenvalue weighted by Gasteiger charge is -2.26. The first-order valence-corrected chi connectivity index (χ1v) is 7.14. The van der Waals surface area contributed by atoms with Crippen molar-refractivity contribution in [2.75, 3.05) is 13.6 Å². The maximum absolute atomic E-state index is 4.34. The second-order valence-electron chi connectivity index (χ2n) is 5.65. The van der Waals surface area contributed by atoms with Gasteiger partial charge in [-0.25, -0.2) is 0 Å². The molecule has 1 aliphatic rings. The predicted octanol–water partition coefficient (Wildman–Crippen LogP) is 4.47. The van der Waals surface area contributed by atoms with E-state index in [4.69, 9.17) is 0 Å². The molecule has 98 valence electrons. The van der Waals surface area contributed by atoms with Crippen LogP contribution in [0.15, 0.2) is 24.4 Å². The monoisotopic (exact) mass is 235 g/mol. The van der Waals surface area contributed by atoms with E-state index in [0.29, 0.717) is 11.8 Å². The molecule has 1 aliphatic heterocycles. The Morgan fingerprint density at radius 1 is 1.47 bits per heavy atom. The van der Waals surface area contributed by atoms with Gasteiger partial charge in [-0.15, -0.1) is 0 Å². The molecule has 1 heterocycles. The van der Waals surface area contributed by atoms with Gasteiger partial charge in [0.25, 0.3) is 0 Å². The second-order valence-corrected chi connectivity index (χ2v) is 5.65. The standard InChI is InChI=1S/C16H29N/c1-6-8-16(7-2)14(4)13(3)11-15-9-10-17(5)12-15/h9-10,14-16H,3,6-8,11-12H2,1-2,4-5H3. The number of nitrogens with zero attached hydrogens (tertiary/aromatic N) is 1. The zero-order valence-corrected chi connectivity index (χ0v) is 12.1. The molecule has 0 N–H and O–H groups in total. The maximum atomic E-state index is 4.34. The molecule has 3 unspecified atom stereocenters. The Morgan fingerprint density at radius 3 is 2.65 bits per heavy atom. The van der Waals surface area contributed by atoms with Gasteiger partial charge >= 0.3 is 0 Å². The minimum absolute atomic E-state index is 0.680. The van der Waals surface area contributed by atoms with Crippen LogP contribution in [0.4, 0.5) is 0 Å². The van der Waals surface area contributed by atoms with E-state index in [1.165, 1.54) is 31.3 Å². The van der Waals surface area contributed by atoms with Crippen molar-refractivity contribution in [2.45, 2.75) is 46.5 Å². The quantitative estimate of drug-likeness (QED) is 0.588. The third-order valence-corrected chi connectivity index (χ3v) is 4.19. The first kappa shape index (κ1) is 14.3. The number of allylic oxidation sites excluding steroid dienone is 1. The van der Waals surface area contributed by atoms with Gasteiger partial charge in [-0.1, -0.05) is 58.3 Å². The van der Waals surface area contributed by atoms with Crippen LogP contribution in [0.2, 0.25) is 0 Å². The molecule has 1 rings (SSSR count). The highest BCUT2D eigenvalue weighted by Crippen LogP contribution is 2.31. The van der Waals surface area contributed by atoms with Gasteiger partial charge in [0.2, 0.25) is 0 Å². The second kappa shape index (κ2) is 6.88. The van der Waals surface area contributed by atoms with Crippen molar-refractivity contribution in [3.8, 4) is 0 Å². The van der Waals surface area contributed by atoms with Crippen molar-refractivity contribution in [1.82, 2.24) is 4.90 Å². The van der Waals surface area contributed by atoms with Crippen molar-refractivity contribution >= 4 is 0 Å². The van der Waals surface area contributed by atoms with Crippen LogP contribution in [0.3, 0.4) is 0 Å². The Hall–Kier alpha value is -0.720. The molecular formula is C16H29N. The molecule has 0 saturated carbocycles. The Morgan fingerprint density at radius 2 is 2.18 bits per heavy atom. The molecular weight excluding hydrogens is 206 g/mol. The van der Waals surface area contributed by atoms with E-state index in [1.54, 1.807) is 0 Å². The molecule has 0 aliphatic carbocycles. The highest BCUT2D eigenvalue weighted by molar-refractivity contribution is 5.08. The summed E-state index contributed by atoms with van der Waals surface area (Å²) in [7, 11) is 2.15. The summed E-state index contributed by atoms with van der Waals surface area (Å²) in [4.78, 5) is 2.27. The smallest absolute Gasteiger partial charge is 0.0235 e. The third kappa shape index (κ3) is 4.22. The van der Waals surface area contributed by atoms with E-state index in [9.17, 15) is 0 Å². The molecule has 0 aromatic carbocycles. The van der Waals surface area contributed by atoms with Crippen molar-refractivity contribution in [2.24, 2.45) is 17.8 Å². The van der Waals surface area contributed by atoms with E-state index in [1.807, 2.05) is 0 Å². The Labute approximate surface area is 108 Å². The molecule has 0 radical (unpaired) electrons. The van der Waals surface area contributed by atoms with Crippen molar-refractivity contribution in [1.29, 1.82) is 0 Å². The Balaban J connectivity index is 2.43. The fourth-order valence-electron chi connectivity index (χ4n) is 2.93. The first-order chi connectivity index (χ1) is 8.08. The van der Waals surface area contributed by atoms with Gasteiger partial charge in [-0.3, -0.25) is 0 Å². The lowest BCUT2D eigenvalue weighted by Crippen LogP contribution is -2.17. The van der Waals surface area contributed by atoms with Gasteiger partial charge in [0.1, 0.15) is 0 Å². The van der Waals surface area contributed by atoms with Crippen LogP contribution in [-0.4, -0.2) is 18.5 Å². The zero-order valence-electron chi connectivity index (χ0n) is 12.1. The van der Waals surface area contributed by atoms with Crippen LogP contribution in [0, 0.1) is 17.8 Å². The first-order valence-electron chi connectivity index (χ1n) is 7.14. The van der Waals surface area contributed by atoms with E-state index >= 15 is 0 Å². The average molecular weight is 235 g/mol. The summed E-state index contributed by atoms with van der Waals surface area (Å²) in [6.45, 7) is 12.5. The van der Waals surface area contributed by atoms with Gasteiger partial charge in [0.05, 0.1) is 0 Å². The Bertz CT molecular complexity index is 267. The summed E-state index contributed by atoms with van der Waals surface area (Å²) in [5, 5.41) is 0. The molecule has 0 spiro atoms. The van der Waals surface area contributed by atoms with E-state index in [-0.39, 0.29) is 0 Å². The molecule has 17 heavy (non-hydrogen) atoms. The SMILES string of the molecule is C=C(CC1C=CN(C)C1)C(C)C(CC)CCC. The van der Waals surface area contributed by atoms with Gasteiger partial charge < -0.3 is 4.90 Å². The van der Waals surface area contributed by atoms with Crippen molar-refractivity contribution < 1.29 is 0 Å². The van der Waals surface area contributed by atoms with Gasteiger partial charge in [0, 0.05) is 13.6 Å². The van der Waals surface area contributed by atoms with Crippen LogP contribution in [0.1, 0.15) is 46.5 Å². The molecule has 0 aromatic heterocycles. The summed E-state index contributed by atoms with van der Waals surface area (Å²) < 4.78 is 0. The lowest BCUT2D eigenvalue weighted by molar-refractivity contribution is 0.345. The largest absolute Gasteiger partial charge is 0.380 e. The van der Waals surface area contributed by atoms with Crippen LogP contribution >= 0.6 is 0 Å². The van der Waals surface area contributed by atoms with Crippen molar-refractivity contribution in [3.05, 3.63) is 24.4 Å². The van der Waals surface area contributed by atoms with Crippen LogP contribution in [0.25, 0.3) is 0 Å². The zero-order chi connectivity index (χ0) is 12.8. The topological polar surface area (TPSA) is 3.24 Å². The summed E-state index contributed by atoms with van der Waals surface area (Å²) in [6.07, 6.45) is 9.63. The van der Waals surface area contributed by atoms with Crippen LogP contribution < -0.4 is 0 Å². The predicted molar refractivity (Wildman–Crippen MR) is 76.9 cm³/mol. The molecule has 1 nitrogen and oxygen atoms in total. The van der Waals surface area contributed by atoms with Crippen LogP contribution in [-0.2, 0) is 0 Å². The highest BCUT2D eigenvalue weighted by Gasteiger charge is 2.21. The fraction of sp³-hybridized carbons (Fsp3) is 0.750. The van der Waals surface area contributed by atoms with Crippen LogP contribution in [0.5, 0.6) is 0 Å². The molecule has 3 atom stereocenters. The molecule has 0 aromatic rings. The minimum Gasteiger partial charge on any atom is -0.380 e. The number of rotatable bonds is 7. The van der Waals surface area contributed by atoms with E-state index < -0.39 is 0 Å². The number of hydrogen-bond acceptors (Lipinski definition) is 1. The summed E-state index contributed by atoms with van der Waals surface area (Å²) in [5.74, 6) is 2.20. The van der Waals surface area contributed by atoms with E-state index in [0.717, 1.165) is 12.5 Å². The minimum atomic E-state index is 0.680. The van der Waals surface area contributed by atoms with Crippen molar-refractivity contribution in [3.63, 3.8) is 0 Å². The highest BCUT2D eigenvalue weighted by atomic mass is 15.1. The molecule has 0 fully saturated rings. The van der Waals surface area contributed by atoms with Gasteiger partial charge in [-0.05, 0) is 30.4 Å². The molecule has 0 bridgehead atoms. The fourth-order valence-corrected chi connectivity index (χ4v) is 2.93. The van der Waals surface area contributed by atoms with Gasteiger partial charge in [0.15, 0.2) is 0 Å². The molecule has 0 saturated heterocycles. The number of hydrogen-bond donors (Lipinski definition) is 0. The lowest BCUT2D eigenvalue weighted by atomic mass is 9.80. The summed E-state index contributed by atoms with van der Waals surface area (Å²) >= 11 is 0.